The molecule has 1 aromatic rings. The van der Waals surface area contributed by atoms with Crippen LogP contribution in [-0.2, 0) is 4.79 Å². The molecule has 1 aliphatic heterocycles. The zero-order valence-corrected chi connectivity index (χ0v) is 15.6. The highest BCUT2D eigenvalue weighted by Crippen LogP contribution is 2.25. The van der Waals surface area contributed by atoms with Gasteiger partial charge in [0.25, 0.3) is 0 Å². The lowest BCUT2D eigenvalue weighted by atomic mass is 9.84. The van der Waals surface area contributed by atoms with Crippen LogP contribution in [0.3, 0.4) is 0 Å². The van der Waals surface area contributed by atoms with Gasteiger partial charge >= 0.3 is 0 Å². The summed E-state index contributed by atoms with van der Waals surface area (Å²) in [5.74, 6) is 1.28. The molecule has 2 unspecified atom stereocenters. The molecule has 1 aromatic carbocycles. The summed E-state index contributed by atoms with van der Waals surface area (Å²) in [6.07, 6.45) is 3.87. The number of carbonyl (C=O) groups is 1. The smallest absolute Gasteiger partial charge is 0.220 e. The van der Waals surface area contributed by atoms with Gasteiger partial charge in [0.1, 0.15) is 0 Å². The van der Waals surface area contributed by atoms with E-state index in [0.717, 1.165) is 30.1 Å². The first-order valence-electron chi connectivity index (χ1n) is 8.35. The average Bonchev–Trinajstić information content (AvgIpc) is 2.54. The minimum Gasteiger partial charge on any atom is -0.349 e. The number of hydrogen-bond donors (Lipinski definition) is 2. The molecule has 0 spiro atoms. The van der Waals surface area contributed by atoms with Crippen molar-refractivity contribution in [1.82, 2.24) is 10.6 Å². The summed E-state index contributed by atoms with van der Waals surface area (Å²) in [6.45, 7) is 6.46. The third-order valence-corrected chi connectivity index (χ3v) is 4.96. The fourth-order valence-corrected chi connectivity index (χ4v) is 3.37. The predicted molar refractivity (Wildman–Crippen MR) is 99.2 cm³/mol. The Kier molecular flexibility index (Phi) is 8.96. The maximum absolute atomic E-state index is 12.4. The molecule has 130 valence electrons. The lowest BCUT2D eigenvalue weighted by molar-refractivity contribution is -0.123. The maximum Gasteiger partial charge on any atom is 0.220 e. The molecule has 5 heteroatoms. The second-order valence-electron chi connectivity index (χ2n) is 6.35. The molecule has 0 aromatic heterocycles. The summed E-state index contributed by atoms with van der Waals surface area (Å²) in [5.41, 5.74) is 1.12. The van der Waals surface area contributed by atoms with Crippen LogP contribution in [0.2, 0.25) is 5.02 Å². The van der Waals surface area contributed by atoms with Gasteiger partial charge in [0, 0.05) is 11.4 Å². The van der Waals surface area contributed by atoms with Crippen molar-refractivity contribution in [3.63, 3.8) is 0 Å². The first kappa shape index (κ1) is 20.3. The largest absolute Gasteiger partial charge is 0.349 e. The SMILES string of the molecule is CCC(NC(=O)CC(C)C1CCNCC1)c1ccc(Cl)cc1.Cl. The van der Waals surface area contributed by atoms with Crippen LogP contribution in [0.15, 0.2) is 24.3 Å². The fourth-order valence-electron chi connectivity index (χ4n) is 3.24. The molecule has 2 rings (SSSR count). The van der Waals surface area contributed by atoms with Crippen LogP contribution >= 0.6 is 24.0 Å². The van der Waals surface area contributed by atoms with Gasteiger partial charge in [-0.15, -0.1) is 12.4 Å². The summed E-state index contributed by atoms with van der Waals surface area (Å²) in [6, 6.07) is 7.82. The van der Waals surface area contributed by atoms with E-state index < -0.39 is 0 Å². The molecule has 23 heavy (non-hydrogen) atoms. The van der Waals surface area contributed by atoms with Gasteiger partial charge in [-0.05, 0) is 61.9 Å². The van der Waals surface area contributed by atoms with Gasteiger partial charge in [-0.2, -0.15) is 0 Å². The Morgan fingerprint density at radius 1 is 1.30 bits per heavy atom. The van der Waals surface area contributed by atoms with E-state index in [1.165, 1.54) is 12.8 Å². The van der Waals surface area contributed by atoms with Crippen LogP contribution in [0.25, 0.3) is 0 Å². The molecule has 1 heterocycles. The van der Waals surface area contributed by atoms with Crippen LogP contribution < -0.4 is 10.6 Å². The maximum atomic E-state index is 12.4. The van der Waals surface area contributed by atoms with Crippen molar-refractivity contribution in [3.8, 4) is 0 Å². The van der Waals surface area contributed by atoms with E-state index in [4.69, 9.17) is 11.6 Å². The second-order valence-corrected chi connectivity index (χ2v) is 6.79. The number of nitrogens with one attached hydrogen (secondary N) is 2. The van der Waals surface area contributed by atoms with E-state index in [9.17, 15) is 4.79 Å². The van der Waals surface area contributed by atoms with Crippen LogP contribution in [-0.4, -0.2) is 19.0 Å². The Morgan fingerprint density at radius 2 is 1.91 bits per heavy atom. The van der Waals surface area contributed by atoms with E-state index in [1.54, 1.807) is 0 Å². The summed E-state index contributed by atoms with van der Waals surface area (Å²) >= 11 is 5.93. The number of halogens is 2. The first-order valence-corrected chi connectivity index (χ1v) is 8.73. The molecule has 2 atom stereocenters. The molecule has 0 saturated carbocycles. The highest BCUT2D eigenvalue weighted by atomic mass is 35.5. The summed E-state index contributed by atoms with van der Waals surface area (Å²) in [7, 11) is 0. The Labute approximate surface area is 151 Å². The van der Waals surface area contributed by atoms with Crippen molar-refractivity contribution < 1.29 is 4.79 Å². The molecule has 1 fully saturated rings. The van der Waals surface area contributed by atoms with E-state index >= 15 is 0 Å². The quantitative estimate of drug-likeness (QED) is 0.793. The topological polar surface area (TPSA) is 41.1 Å². The molecule has 1 saturated heterocycles. The van der Waals surface area contributed by atoms with Gasteiger partial charge in [-0.1, -0.05) is 37.6 Å². The Bertz CT molecular complexity index is 472. The van der Waals surface area contributed by atoms with Crippen molar-refractivity contribution in [2.24, 2.45) is 11.8 Å². The lowest BCUT2D eigenvalue weighted by Gasteiger charge is -2.28. The number of piperidine rings is 1. The number of rotatable bonds is 6. The van der Waals surface area contributed by atoms with Crippen LogP contribution in [0.4, 0.5) is 0 Å². The molecule has 0 bridgehead atoms. The van der Waals surface area contributed by atoms with Crippen molar-refractivity contribution in [3.05, 3.63) is 34.9 Å². The molecule has 0 aliphatic carbocycles. The van der Waals surface area contributed by atoms with E-state index in [0.29, 0.717) is 18.3 Å². The van der Waals surface area contributed by atoms with Crippen molar-refractivity contribution in [1.29, 1.82) is 0 Å². The number of benzene rings is 1. The summed E-state index contributed by atoms with van der Waals surface area (Å²) < 4.78 is 0. The summed E-state index contributed by atoms with van der Waals surface area (Å²) in [4.78, 5) is 12.4. The molecule has 1 aliphatic rings. The van der Waals surface area contributed by atoms with Gasteiger partial charge in [0.15, 0.2) is 0 Å². The first-order chi connectivity index (χ1) is 10.6. The lowest BCUT2D eigenvalue weighted by Crippen LogP contribution is -2.34. The van der Waals surface area contributed by atoms with Crippen LogP contribution in [0.1, 0.15) is 51.1 Å². The van der Waals surface area contributed by atoms with Gasteiger partial charge in [0.05, 0.1) is 6.04 Å². The molecular weight excluding hydrogens is 331 g/mol. The molecular formula is C18H28Cl2N2O. The number of carbonyl (C=O) groups excluding carboxylic acids is 1. The zero-order valence-electron chi connectivity index (χ0n) is 14.0. The van der Waals surface area contributed by atoms with Gasteiger partial charge < -0.3 is 10.6 Å². The van der Waals surface area contributed by atoms with Crippen LogP contribution in [0.5, 0.6) is 0 Å². The molecule has 2 N–H and O–H groups in total. The van der Waals surface area contributed by atoms with Crippen LogP contribution in [0, 0.1) is 11.8 Å². The van der Waals surface area contributed by atoms with Crippen molar-refractivity contribution >= 4 is 29.9 Å². The Balaban J connectivity index is 0.00000264. The standard InChI is InChI=1S/C18H27ClN2O.ClH/c1-3-17(15-4-6-16(19)7-5-15)21-18(22)12-13(2)14-8-10-20-11-9-14;/h4-7,13-14,17,20H,3,8-12H2,1-2H3,(H,21,22);1H. The molecule has 0 radical (unpaired) electrons. The highest BCUT2D eigenvalue weighted by Gasteiger charge is 2.23. The second kappa shape index (κ2) is 10.2. The monoisotopic (exact) mass is 358 g/mol. The van der Waals surface area contributed by atoms with Gasteiger partial charge in [-0.3, -0.25) is 4.79 Å². The molecule has 1 amide bonds. The summed E-state index contributed by atoms with van der Waals surface area (Å²) in [5, 5.41) is 7.28. The third-order valence-electron chi connectivity index (χ3n) is 4.71. The molecule has 3 nitrogen and oxygen atoms in total. The van der Waals surface area contributed by atoms with Gasteiger partial charge in [-0.25, -0.2) is 0 Å². The fraction of sp³-hybridized carbons (Fsp3) is 0.611. The predicted octanol–water partition coefficient (Wildman–Crippen LogP) is 4.35. The Morgan fingerprint density at radius 3 is 2.48 bits per heavy atom. The zero-order chi connectivity index (χ0) is 15.9. The highest BCUT2D eigenvalue weighted by molar-refractivity contribution is 6.30. The average molecular weight is 359 g/mol. The van der Waals surface area contributed by atoms with Gasteiger partial charge in [0.2, 0.25) is 5.91 Å². The minimum absolute atomic E-state index is 0. The number of amides is 1. The van der Waals surface area contributed by atoms with Crippen molar-refractivity contribution in [2.75, 3.05) is 13.1 Å². The van der Waals surface area contributed by atoms with E-state index in [-0.39, 0.29) is 24.4 Å². The normalized spacial score (nSPS) is 17.9. The third kappa shape index (κ3) is 6.33. The number of hydrogen-bond acceptors (Lipinski definition) is 2. The van der Waals surface area contributed by atoms with E-state index in [1.807, 2.05) is 24.3 Å². The van der Waals surface area contributed by atoms with E-state index in [2.05, 4.69) is 24.5 Å². The Hall–Kier alpha value is -0.770. The minimum atomic E-state index is 0. The van der Waals surface area contributed by atoms with Crippen molar-refractivity contribution in [2.45, 2.75) is 45.6 Å².